The minimum atomic E-state index is 0.436. The zero-order chi connectivity index (χ0) is 9.80. The lowest BCUT2D eigenvalue weighted by Gasteiger charge is -2.14. The fourth-order valence-corrected chi connectivity index (χ4v) is 2.25. The van der Waals surface area contributed by atoms with Gasteiger partial charge in [0.25, 0.3) is 0 Å². The van der Waals surface area contributed by atoms with Gasteiger partial charge < -0.3 is 14.8 Å². The predicted octanol–water partition coefficient (Wildman–Crippen LogP) is 1.32. The van der Waals surface area contributed by atoms with Gasteiger partial charge in [0.15, 0.2) is 0 Å². The van der Waals surface area contributed by atoms with Gasteiger partial charge >= 0.3 is 0 Å². The molecule has 0 saturated carbocycles. The van der Waals surface area contributed by atoms with E-state index in [1.54, 1.807) is 0 Å². The molecule has 2 fully saturated rings. The third kappa shape index (κ3) is 2.94. The van der Waals surface area contributed by atoms with Crippen LogP contribution in [0.4, 0.5) is 0 Å². The van der Waals surface area contributed by atoms with E-state index in [9.17, 15) is 0 Å². The number of rotatable bonds is 4. The predicted molar refractivity (Wildman–Crippen MR) is 55.4 cm³/mol. The molecule has 0 aliphatic carbocycles. The summed E-state index contributed by atoms with van der Waals surface area (Å²) in [7, 11) is 0. The molecule has 0 aromatic rings. The standard InChI is InChI=1S/C11H21NO2/c1-9-4-5-11(14-9)8-12-7-10-3-2-6-13-10/h9-12H,2-8H2,1H3. The molecule has 2 heterocycles. The van der Waals surface area contributed by atoms with E-state index in [1.165, 1.54) is 25.7 Å². The second-order valence-corrected chi connectivity index (χ2v) is 4.44. The molecule has 3 heteroatoms. The summed E-state index contributed by atoms with van der Waals surface area (Å²) in [6.45, 7) is 5.09. The van der Waals surface area contributed by atoms with Crippen LogP contribution < -0.4 is 5.32 Å². The topological polar surface area (TPSA) is 30.5 Å². The Labute approximate surface area is 86.2 Å². The van der Waals surface area contributed by atoms with Crippen LogP contribution in [-0.2, 0) is 9.47 Å². The van der Waals surface area contributed by atoms with Gasteiger partial charge in [-0.05, 0) is 32.6 Å². The van der Waals surface area contributed by atoms with E-state index in [1.807, 2.05) is 0 Å². The van der Waals surface area contributed by atoms with E-state index in [4.69, 9.17) is 9.47 Å². The Morgan fingerprint density at radius 2 is 2.00 bits per heavy atom. The van der Waals surface area contributed by atoms with Gasteiger partial charge in [-0.25, -0.2) is 0 Å². The van der Waals surface area contributed by atoms with Crippen molar-refractivity contribution >= 4 is 0 Å². The van der Waals surface area contributed by atoms with Crippen molar-refractivity contribution in [2.24, 2.45) is 0 Å². The molecule has 3 nitrogen and oxygen atoms in total. The molecule has 2 saturated heterocycles. The van der Waals surface area contributed by atoms with Crippen LogP contribution in [0.15, 0.2) is 0 Å². The Bertz CT molecular complexity index is 169. The van der Waals surface area contributed by atoms with Crippen LogP contribution >= 0.6 is 0 Å². The number of hydrogen-bond acceptors (Lipinski definition) is 3. The lowest BCUT2D eigenvalue weighted by atomic mass is 10.2. The van der Waals surface area contributed by atoms with E-state index in [2.05, 4.69) is 12.2 Å². The van der Waals surface area contributed by atoms with Crippen molar-refractivity contribution in [2.45, 2.75) is 50.9 Å². The van der Waals surface area contributed by atoms with Crippen LogP contribution in [0.5, 0.6) is 0 Å². The quantitative estimate of drug-likeness (QED) is 0.741. The summed E-state index contributed by atoms with van der Waals surface area (Å²) in [6, 6.07) is 0. The molecule has 0 aromatic heterocycles. The first kappa shape index (κ1) is 10.4. The van der Waals surface area contributed by atoms with E-state index in [0.29, 0.717) is 18.3 Å². The molecule has 0 spiro atoms. The molecule has 0 aromatic carbocycles. The third-order valence-corrected chi connectivity index (χ3v) is 3.09. The summed E-state index contributed by atoms with van der Waals surface area (Å²) in [5.41, 5.74) is 0. The highest BCUT2D eigenvalue weighted by molar-refractivity contribution is 4.74. The van der Waals surface area contributed by atoms with Gasteiger partial charge in [-0.1, -0.05) is 0 Å². The molecule has 82 valence electrons. The molecular formula is C11H21NO2. The second-order valence-electron chi connectivity index (χ2n) is 4.44. The fraction of sp³-hybridized carbons (Fsp3) is 1.00. The van der Waals surface area contributed by atoms with Crippen molar-refractivity contribution < 1.29 is 9.47 Å². The summed E-state index contributed by atoms with van der Waals surface area (Å²) in [4.78, 5) is 0. The third-order valence-electron chi connectivity index (χ3n) is 3.09. The van der Waals surface area contributed by atoms with Crippen LogP contribution in [0.25, 0.3) is 0 Å². The maximum Gasteiger partial charge on any atom is 0.0704 e. The van der Waals surface area contributed by atoms with Crippen LogP contribution in [0.3, 0.4) is 0 Å². The lowest BCUT2D eigenvalue weighted by molar-refractivity contribution is 0.0516. The van der Waals surface area contributed by atoms with Crippen LogP contribution in [0.1, 0.15) is 32.6 Å². The largest absolute Gasteiger partial charge is 0.377 e. The van der Waals surface area contributed by atoms with Gasteiger partial charge in [0.2, 0.25) is 0 Å². The second kappa shape index (κ2) is 5.10. The molecular weight excluding hydrogens is 178 g/mol. The van der Waals surface area contributed by atoms with Crippen LogP contribution in [-0.4, -0.2) is 38.0 Å². The summed E-state index contributed by atoms with van der Waals surface area (Å²) >= 11 is 0. The Morgan fingerprint density at radius 1 is 1.14 bits per heavy atom. The van der Waals surface area contributed by atoms with Crippen LogP contribution in [0, 0.1) is 0 Å². The van der Waals surface area contributed by atoms with Gasteiger partial charge in [-0.3, -0.25) is 0 Å². The molecule has 2 aliphatic rings. The molecule has 2 aliphatic heterocycles. The van der Waals surface area contributed by atoms with Crippen molar-refractivity contribution in [3.8, 4) is 0 Å². The first-order valence-electron chi connectivity index (χ1n) is 5.82. The van der Waals surface area contributed by atoms with Crippen molar-refractivity contribution in [2.75, 3.05) is 19.7 Å². The highest BCUT2D eigenvalue weighted by atomic mass is 16.5. The molecule has 3 unspecified atom stereocenters. The Balaban J connectivity index is 1.54. The van der Waals surface area contributed by atoms with E-state index in [-0.39, 0.29) is 0 Å². The highest BCUT2D eigenvalue weighted by Crippen LogP contribution is 2.18. The Morgan fingerprint density at radius 3 is 2.64 bits per heavy atom. The van der Waals surface area contributed by atoms with Crippen molar-refractivity contribution in [1.82, 2.24) is 5.32 Å². The molecule has 0 radical (unpaired) electrons. The van der Waals surface area contributed by atoms with Gasteiger partial charge in [-0.15, -0.1) is 0 Å². The molecule has 0 amide bonds. The monoisotopic (exact) mass is 199 g/mol. The minimum Gasteiger partial charge on any atom is -0.377 e. The number of nitrogens with one attached hydrogen (secondary N) is 1. The maximum atomic E-state index is 5.72. The number of ether oxygens (including phenoxy) is 2. The zero-order valence-electron chi connectivity index (χ0n) is 9.00. The van der Waals surface area contributed by atoms with Gasteiger partial charge in [-0.2, -0.15) is 0 Å². The molecule has 2 rings (SSSR count). The summed E-state index contributed by atoms with van der Waals surface area (Å²) in [5.74, 6) is 0. The van der Waals surface area contributed by atoms with E-state index < -0.39 is 0 Å². The highest BCUT2D eigenvalue weighted by Gasteiger charge is 2.22. The summed E-state index contributed by atoms with van der Waals surface area (Å²) < 4.78 is 11.3. The Hall–Kier alpha value is -0.120. The van der Waals surface area contributed by atoms with E-state index >= 15 is 0 Å². The molecule has 0 bridgehead atoms. The lowest BCUT2D eigenvalue weighted by Crippen LogP contribution is -2.33. The first-order chi connectivity index (χ1) is 6.84. The molecule has 1 N–H and O–H groups in total. The summed E-state index contributed by atoms with van der Waals surface area (Å²) in [6.07, 6.45) is 6.22. The Kier molecular flexibility index (Phi) is 3.79. The van der Waals surface area contributed by atoms with Crippen molar-refractivity contribution in [3.05, 3.63) is 0 Å². The van der Waals surface area contributed by atoms with Crippen LogP contribution in [0.2, 0.25) is 0 Å². The van der Waals surface area contributed by atoms with Gasteiger partial charge in [0.1, 0.15) is 0 Å². The maximum absolute atomic E-state index is 5.72. The summed E-state index contributed by atoms with van der Waals surface area (Å²) in [5, 5.41) is 3.44. The molecule has 14 heavy (non-hydrogen) atoms. The van der Waals surface area contributed by atoms with E-state index in [0.717, 1.165) is 19.7 Å². The minimum absolute atomic E-state index is 0.436. The number of hydrogen-bond donors (Lipinski definition) is 1. The van der Waals surface area contributed by atoms with Gasteiger partial charge in [0, 0.05) is 19.7 Å². The zero-order valence-corrected chi connectivity index (χ0v) is 9.00. The average Bonchev–Trinajstić information content (AvgIpc) is 2.77. The van der Waals surface area contributed by atoms with Crippen molar-refractivity contribution in [1.29, 1.82) is 0 Å². The van der Waals surface area contributed by atoms with Crippen molar-refractivity contribution in [3.63, 3.8) is 0 Å². The molecule has 3 atom stereocenters. The fourth-order valence-electron chi connectivity index (χ4n) is 2.25. The average molecular weight is 199 g/mol. The first-order valence-corrected chi connectivity index (χ1v) is 5.82. The SMILES string of the molecule is CC1CCC(CNCC2CCCO2)O1. The smallest absolute Gasteiger partial charge is 0.0704 e. The normalized spacial score (nSPS) is 37.9. The van der Waals surface area contributed by atoms with Gasteiger partial charge in [0.05, 0.1) is 18.3 Å².